The van der Waals surface area contributed by atoms with Crippen molar-refractivity contribution in [1.82, 2.24) is 4.90 Å². The number of carbonyl (C=O) groups is 1. The van der Waals surface area contributed by atoms with Gasteiger partial charge in [0.15, 0.2) is 0 Å². The fourth-order valence-electron chi connectivity index (χ4n) is 1.99. The largest absolute Gasteiger partial charge is 0.345 e. The van der Waals surface area contributed by atoms with Crippen LogP contribution in [0.2, 0.25) is 0 Å². The molecule has 0 spiro atoms. The Morgan fingerprint density at radius 2 is 1.92 bits per heavy atom. The first-order chi connectivity index (χ1) is 11.3. The molecule has 0 saturated carbocycles. The summed E-state index contributed by atoms with van der Waals surface area (Å²) >= 11 is 6.68. The van der Waals surface area contributed by atoms with E-state index < -0.39 is 4.92 Å². The predicted molar refractivity (Wildman–Crippen MR) is 107 cm³/mol. The molecule has 0 radical (unpaired) electrons. The van der Waals surface area contributed by atoms with Crippen molar-refractivity contribution in [2.45, 2.75) is 15.1 Å². The summed E-state index contributed by atoms with van der Waals surface area (Å²) in [6, 6.07) is 10.6. The van der Waals surface area contributed by atoms with Crippen molar-refractivity contribution in [3.05, 3.63) is 61.2 Å². The Balaban J connectivity index is 2.49. The van der Waals surface area contributed by atoms with E-state index in [9.17, 15) is 14.9 Å². The Labute approximate surface area is 166 Å². The highest BCUT2D eigenvalue weighted by atomic mass is 127. The van der Waals surface area contributed by atoms with E-state index in [0.717, 1.165) is 9.13 Å². The summed E-state index contributed by atoms with van der Waals surface area (Å²) in [4.78, 5) is 26.1. The zero-order chi connectivity index (χ0) is 17.9. The summed E-state index contributed by atoms with van der Waals surface area (Å²) < 4.78 is 0.936. The van der Waals surface area contributed by atoms with Crippen molar-refractivity contribution in [3.63, 3.8) is 0 Å². The maximum absolute atomic E-state index is 12.4. The second-order valence-electron chi connectivity index (χ2n) is 5.13. The summed E-state index contributed by atoms with van der Waals surface area (Å²) in [5.41, 5.74) is 1.41. The van der Waals surface area contributed by atoms with Gasteiger partial charge >= 0.3 is 0 Å². The first-order valence-electron chi connectivity index (χ1n) is 6.86. The molecular weight excluding hydrogens is 507 g/mol. The molecule has 1 amide bonds. The van der Waals surface area contributed by atoms with E-state index in [-0.39, 0.29) is 11.6 Å². The molecule has 0 atom stereocenters. The minimum Gasteiger partial charge on any atom is -0.345 e. The van der Waals surface area contributed by atoms with E-state index in [1.165, 1.54) is 16.7 Å². The average molecular weight is 521 g/mol. The van der Waals surface area contributed by atoms with E-state index in [1.54, 1.807) is 32.3 Å². The lowest BCUT2D eigenvalue weighted by Crippen LogP contribution is -2.22. The number of nitro groups is 1. The number of hydrogen-bond donors (Lipinski definition) is 0. The Hall–Kier alpha value is -1.13. The molecule has 2 rings (SSSR count). The average Bonchev–Trinajstić information content (AvgIpc) is 2.55. The Morgan fingerprint density at radius 3 is 2.50 bits per heavy atom. The quantitative estimate of drug-likeness (QED) is 0.242. The van der Waals surface area contributed by atoms with Crippen molar-refractivity contribution in [2.24, 2.45) is 0 Å². The van der Waals surface area contributed by atoms with E-state index >= 15 is 0 Å². The molecule has 0 aromatic heterocycles. The molecule has 0 unspecified atom stereocenters. The van der Waals surface area contributed by atoms with E-state index in [0.29, 0.717) is 20.7 Å². The number of carbonyl (C=O) groups excluding carboxylic acids is 1. The van der Waals surface area contributed by atoms with Crippen LogP contribution in [0.15, 0.2) is 46.2 Å². The van der Waals surface area contributed by atoms with Crippen LogP contribution < -0.4 is 0 Å². The molecule has 8 heteroatoms. The summed E-state index contributed by atoms with van der Waals surface area (Å²) in [6.07, 6.45) is 0. The van der Waals surface area contributed by atoms with Gasteiger partial charge in [-0.25, -0.2) is 0 Å². The molecule has 0 fully saturated rings. The van der Waals surface area contributed by atoms with Crippen molar-refractivity contribution in [3.8, 4) is 0 Å². The number of hydrogen-bond acceptors (Lipinski definition) is 4. The molecular formula is C16H14BrIN2O3S. The highest BCUT2D eigenvalue weighted by Gasteiger charge is 2.20. The highest BCUT2D eigenvalue weighted by molar-refractivity contribution is 14.1. The van der Waals surface area contributed by atoms with Crippen LogP contribution in [0.25, 0.3) is 0 Å². The maximum atomic E-state index is 12.4. The van der Waals surface area contributed by atoms with Crippen molar-refractivity contribution in [2.75, 3.05) is 14.1 Å². The van der Waals surface area contributed by atoms with Crippen LogP contribution >= 0.6 is 50.3 Å². The van der Waals surface area contributed by atoms with Crippen molar-refractivity contribution < 1.29 is 9.72 Å². The summed E-state index contributed by atoms with van der Waals surface area (Å²) in [5.74, 6) is -0.129. The maximum Gasteiger partial charge on any atom is 0.283 e. The van der Waals surface area contributed by atoms with Crippen LogP contribution in [0.4, 0.5) is 5.69 Å². The summed E-state index contributed by atoms with van der Waals surface area (Å²) in [6.45, 7) is 0. The smallest absolute Gasteiger partial charge is 0.283 e. The third kappa shape index (κ3) is 4.48. The molecule has 126 valence electrons. The summed E-state index contributed by atoms with van der Waals surface area (Å²) in [7, 11) is 3.37. The molecule has 0 aliphatic heterocycles. The van der Waals surface area contributed by atoms with Crippen LogP contribution in [0.1, 0.15) is 15.9 Å². The predicted octanol–water partition coefficient (Wildman–Crippen LogP) is 4.95. The van der Waals surface area contributed by atoms with Crippen LogP contribution in [0.5, 0.6) is 0 Å². The molecule has 0 aliphatic rings. The number of halogens is 2. The van der Waals surface area contributed by atoms with Gasteiger partial charge in [-0.1, -0.05) is 33.8 Å². The van der Waals surface area contributed by atoms with Crippen LogP contribution in [0.3, 0.4) is 0 Å². The van der Waals surface area contributed by atoms with Crippen molar-refractivity contribution in [1.29, 1.82) is 0 Å². The lowest BCUT2D eigenvalue weighted by atomic mass is 10.2. The zero-order valence-electron chi connectivity index (χ0n) is 13.0. The standard InChI is InChI=1S/C16H14BrIN2O3S/c1-19(2)16(21)12-8-11(18)4-6-14(12)24-15-5-3-10(9-17)7-13(15)20(22)23/h3-8H,9H2,1-2H3. The van der Waals surface area contributed by atoms with Crippen LogP contribution in [-0.4, -0.2) is 29.8 Å². The van der Waals surface area contributed by atoms with Crippen LogP contribution in [0, 0.1) is 13.7 Å². The van der Waals surface area contributed by atoms with Gasteiger partial charge in [0.05, 0.1) is 15.4 Å². The minimum absolute atomic E-state index is 0.0405. The van der Waals surface area contributed by atoms with Gasteiger partial charge in [0.1, 0.15) is 0 Å². The monoisotopic (exact) mass is 520 g/mol. The van der Waals surface area contributed by atoms with Gasteiger partial charge in [-0.15, -0.1) is 0 Å². The number of amides is 1. The lowest BCUT2D eigenvalue weighted by Gasteiger charge is -2.14. The second kappa shape index (κ2) is 8.30. The zero-order valence-corrected chi connectivity index (χ0v) is 17.5. The number of alkyl halides is 1. The number of nitro benzene ring substituents is 1. The highest BCUT2D eigenvalue weighted by Crippen LogP contribution is 2.38. The van der Waals surface area contributed by atoms with Gasteiger partial charge in [-0.2, -0.15) is 0 Å². The number of rotatable bonds is 5. The second-order valence-corrected chi connectivity index (χ2v) is 8.03. The Bertz CT molecular complexity index is 799. The third-order valence-corrected chi connectivity index (χ3v) is 5.63. The fraction of sp³-hybridized carbons (Fsp3) is 0.188. The molecule has 24 heavy (non-hydrogen) atoms. The molecule has 2 aromatic rings. The molecule has 5 nitrogen and oxygen atoms in total. The number of benzene rings is 2. The van der Waals surface area contributed by atoms with Gasteiger partial charge in [-0.3, -0.25) is 14.9 Å². The lowest BCUT2D eigenvalue weighted by molar-refractivity contribution is -0.387. The first-order valence-corrected chi connectivity index (χ1v) is 9.87. The van der Waals surface area contributed by atoms with Crippen molar-refractivity contribution >= 4 is 61.9 Å². The van der Waals surface area contributed by atoms with Gasteiger partial charge < -0.3 is 4.90 Å². The molecule has 0 aliphatic carbocycles. The van der Waals surface area contributed by atoms with Gasteiger partial charge in [0.25, 0.3) is 11.6 Å². The molecule has 2 aromatic carbocycles. The number of nitrogens with zero attached hydrogens (tertiary/aromatic N) is 2. The molecule has 0 N–H and O–H groups in total. The summed E-state index contributed by atoms with van der Waals surface area (Å²) in [5, 5.41) is 11.9. The first kappa shape index (κ1) is 19.2. The molecule has 0 bridgehead atoms. The Morgan fingerprint density at radius 1 is 1.25 bits per heavy atom. The molecule has 0 saturated heterocycles. The van der Waals surface area contributed by atoms with E-state index in [2.05, 4.69) is 38.5 Å². The topological polar surface area (TPSA) is 63.5 Å². The normalized spacial score (nSPS) is 10.5. The minimum atomic E-state index is -0.394. The third-order valence-electron chi connectivity index (χ3n) is 3.17. The van der Waals surface area contributed by atoms with E-state index in [4.69, 9.17) is 0 Å². The fourth-order valence-corrected chi connectivity index (χ4v) is 3.84. The van der Waals surface area contributed by atoms with E-state index in [1.807, 2.05) is 18.2 Å². The van der Waals surface area contributed by atoms with Gasteiger partial charge in [-0.05, 0) is 52.4 Å². The Kier molecular flexibility index (Phi) is 6.64. The van der Waals surface area contributed by atoms with Gasteiger partial charge in [0, 0.05) is 34.0 Å². The molecule has 0 heterocycles. The van der Waals surface area contributed by atoms with Crippen LogP contribution in [-0.2, 0) is 5.33 Å². The SMILES string of the molecule is CN(C)C(=O)c1cc(I)ccc1Sc1ccc(CBr)cc1[N+](=O)[O-]. The van der Waals surface area contributed by atoms with Gasteiger partial charge in [0.2, 0.25) is 0 Å².